The first-order valence-corrected chi connectivity index (χ1v) is 7.09. The van der Waals surface area contributed by atoms with E-state index in [1.165, 1.54) is 6.07 Å². The Morgan fingerprint density at radius 3 is 2.85 bits per heavy atom. The van der Waals surface area contributed by atoms with E-state index in [9.17, 15) is 4.39 Å². The summed E-state index contributed by atoms with van der Waals surface area (Å²) in [5.41, 5.74) is 1.98. The van der Waals surface area contributed by atoms with Crippen molar-refractivity contribution in [3.8, 4) is 5.75 Å². The van der Waals surface area contributed by atoms with Crippen LogP contribution in [0.1, 0.15) is 31.4 Å². The highest BCUT2D eigenvalue weighted by atomic mass is 19.1. The third kappa shape index (κ3) is 3.57. The number of hydrogen-bond acceptors (Lipinski definition) is 3. The van der Waals surface area contributed by atoms with Gasteiger partial charge in [-0.1, -0.05) is 13.8 Å². The topological polar surface area (TPSA) is 30.8 Å². The lowest BCUT2D eigenvalue weighted by Gasteiger charge is -2.22. The lowest BCUT2D eigenvalue weighted by molar-refractivity contribution is 0.170. The number of ether oxygens (including phenoxy) is 2. The Morgan fingerprint density at radius 2 is 2.15 bits per heavy atom. The van der Waals surface area contributed by atoms with Crippen molar-refractivity contribution in [2.45, 2.75) is 32.7 Å². The van der Waals surface area contributed by atoms with E-state index in [0.29, 0.717) is 24.9 Å². The van der Waals surface area contributed by atoms with Gasteiger partial charge in [0.15, 0.2) is 11.6 Å². The molecule has 2 rings (SSSR count). The first-order valence-electron chi connectivity index (χ1n) is 7.09. The minimum absolute atomic E-state index is 0.273. The quantitative estimate of drug-likeness (QED) is 0.748. The van der Waals surface area contributed by atoms with Gasteiger partial charge in [-0.2, -0.15) is 0 Å². The van der Waals surface area contributed by atoms with E-state index in [0.717, 1.165) is 24.0 Å². The van der Waals surface area contributed by atoms with Crippen molar-refractivity contribution in [3.63, 3.8) is 0 Å². The van der Waals surface area contributed by atoms with Gasteiger partial charge in [-0.3, -0.25) is 4.99 Å². The molecule has 20 heavy (non-hydrogen) atoms. The summed E-state index contributed by atoms with van der Waals surface area (Å²) >= 11 is 0. The minimum Gasteiger partial charge on any atom is -0.490 e. The zero-order valence-electron chi connectivity index (χ0n) is 12.4. The van der Waals surface area contributed by atoms with Crippen LogP contribution in [0.5, 0.6) is 5.75 Å². The molecule has 0 radical (unpaired) electrons. The molecule has 1 aliphatic heterocycles. The van der Waals surface area contributed by atoms with Gasteiger partial charge in [-0.05, 0) is 35.6 Å². The average molecular weight is 279 g/mol. The van der Waals surface area contributed by atoms with Gasteiger partial charge >= 0.3 is 0 Å². The highest BCUT2D eigenvalue weighted by Gasteiger charge is 2.20. The lowest BCUT2D eigenvalue weighted by Crippen LogP contribution is -2.21. The number of benzene rings is 1. The second-order valence-electron chi connectivity index (χ2n) is 5.47. The minimum atomic E-state index is -0.324. The summed E-state index contributed by atoms with van der Waals surface area (Å²) in [7, 11) is 1.64. The lowest BCUT2D eigenvalue weighted by atomic mass is 9.91. The van der Waals surface area contributed by atoms with Crippen LogP contribution in [0, 0.1) is 11.7 Å². The molecule has 0 aliphatic carbocycles. The number of hydrogen-bond donors (Lipinski definition) is 0. The summed E-state index contributed by atoms with van der Waals surface area (Å²) in [5, 5.41) is 0. The molecule has 1 aliphatic rings. The molecule has 0 saturated heterocycles. The molecule has 0 N–H and O–H groups in total. The van der Waals surface area contributed by atoms with Gasteiger partial charge < -0.3 is 9.47 Å². The van der Waals surface area contributed by atoms with Gasteiger partial charge in [0.1, 0.15) is 0 Å². The van der Waals surface area contributed by atoms with Crippen LogP contribution in [0.2, 0.25) is 0 Å². The SMILES string of the molecule is COCCCOc1cc2c(cc1F)C=N[C@H](C(C)C)C2. The molecule has 1 heterocycles. The Labute approximate surface area is 119 Å². The highest BCUT2D eigenvalue weighted by Crippen LogP contribution is 2.27. The smallest absolute Gasteiger partial charge is 0.165 e. The van der Waals surface area contributed by atoms with Crippen molar-refractivity contribution >= 4 is 6.21 Å². The number of halogens is 1. The number of nitrogens with zero attached hydrogens (tertiary/aromatic N) is 1. The molecular formula is C16H22FNO2. The van der Waals surface area contributed by atoms with Crippen LogP contribution in [0.15, 0.2) is 17.1 Å². The van der Waals surface area contributed by atoms with Gasteiger partial charge in [0.2, 0.25) is 0 Å². The van der Waals surface area contributed by atoms with Crippen molar-refractivity contribution in [2.75, 3.05) is 20.3 Å². The van der Waals surface area contributed by atoms with Crippen LogP contribution in [-0.4, -0.2) is 32.6 Å². The van der Waals surface area contributed by atoms with Crippen LogP contribution in [0.25, 0.3) is 0 Å². The van der Waals surface area contributed by atoms with E-state index in [2.05, 4.69) is 18.8 Å². The van der Waals surface area contributed by atoms with Gasteiger partial charge in [-0.15, -0.1) is 0 Å². The summed E-state index contributed by atoms with van der Waals surface area (Å²) in [6.07, 6.45) is 3.38. The third-order valence-electron chi connectivity index (χ3n) is 3.55. The van der Waals surface area contributed by atoms with Crippen molar-refractivity contribution in [3.05, 3.63) is 29.1 Å². The molecule has 0 aromatic heterocycles. The number of rotatable bonds is 6. The Hall–Kier alpha value is -1.42. The molecule has 0 unspecified atom stereocenters. The number of methoxy groups -OCH3 is 1. The molecule has 110 valence electrons. The molecular weight excluding hydrogens is 257 g/mol. The van der Waals surface area contributed by atoms with Crippen molar-refractivity contribution in [2.24, 2.45) is 10.9 Å². The van der Waals surface area contributed by atoms with E-state index in [4.69, 9.17) is 9.47 Å². The molecule has 0 saturated carbocycles. The van der Waals surface area contributed by atoms with E-state index >= 15 is 0 Å². The van der Waals surface area contributed by atoms with Crippen molar-refractivity contribution in [1.29, 1.82) is 0 Å². The Morgan fingerprint density at radius 1 is 1.35 bits per heavy atom. The molecule has 0 amide bonds. The first kappa shape index (κ1) is 15.0. The normalized spacial score (nSPS) is 17.4. The molecule has 0 bridgehead atoms. The van der Waals surface area contributed by atoms with Gasteiger partial charge in [-0.25, -0.2) is 4.39 Å². The largest absolute Gasteiger partial charge is 0.490 e. The molecule has 4 heteroatoms. The monoisotopic (exact) mass is 279 g/mol. The first-order chi connectivity index (χ1) is 9.61. The van der Waals surface area contributed by atoms with E-state index in [-0.39, 0.29) is 11.9 Å². The maximum absolute atomic E-state index is 13.9. The second kappa shape index (κ2) is 6.84. The van der Waals surface area contributed by atoms with Crippen LogP contribution in [-0.2, 0) is 11.2 Å². The van der Waals surface area contributed by atoms with Crippen molar-refractivity contribution in [1.82, 2.24) is 0 Å². The zero-order valence-corrected chi connectivity index (χ0v) is 12.4. The van der Waals surface area contributed by atoms with E-state index in [1.807, 2.05) is 6.07 Å². The van der Waals surface area contributed by atoms with Crippen LogP contribution < -0.4 is 4.74 Å². The van der Waals surface area contributed by atoms with Crippen LogP contribution in [0.3, 0.4) is 0 Å². The summed E-state index contributed by atoms with van der Waals surface area (Å²) in [4.78, 5) is 4.48. The summed E-state index contributed by atoms with van der Waals surface area (Å²) in [5.74, 6) is 0.490. The molecule has 3 nitrogen and oxygen atoms in total. The highest BCUT2D eigenvalue weighted by molar-refractivity contribution is 5.83. The fourth-order valence-corrected chi connectivity index (χ4v) is 2.27. The number of aliphatic imine (C=N–C) groups is 1. The Kier molecular flexibility index (Phi) is 5.12. The number of fused-ring (bicyclic) bond motifs is 1. The van der Waals surface area contributed by atoms with Crippen molar-refractivity contribution < 1.29 is 13.9 Å². The Bertz CT molecular complexity index is 486. The maximum atomic E-state index is 13.9. The van der Waals surface area contributed by atoms with E-state index in [1.54, 1.807) is 13.3 Å². The average Bonchev–Trinajstić information content (AvgIpc) is 2.43. The fraction of sp³-hybridized carbons (Fsp3) is 0.562. The van der Waals surface area contributed by atoms with Gasteiger partial charge in [0.05, 0.1) is 12.6 Å². The molecule has 0 fully saturated rings. The van der Waals surface area contributed by atoms with Gasteiger partial charge in [0, 0.05) is 26.4 Å². The zero-order chi connectivity index (χ0) is 14.5. The maximum Gasteiger partial charge on any atom is 0.165 e. The van der Waals surface area contributed by atoms with E-state index < -0.39 is 0 Å². The fourth-order valence-electron chi connectivity index (χ4n) is 2.27. The molecule has 1 aromatic carbocycles. The molecule has 0 spiro atoms. The van der Waals surface area contributed by atoms with Crippen LogP contribution >= 0.6 is 0 Å². The third-order valence-corrected chi connectivity index (χ3v) is 3.55. The standard InChI is InChI=1S/C16H22FNO2/c1-11(2)15-8-12-9-16(20-6-4-5-19-3)14(17)7-13(12)10-18-15/h7,9-11,15H,4-6,8H2,1-3H3/t15-/m0/s1. The summed E-state index contributed by atoms with van der Waals surface area (Å²) in [6, 6.07) is 3.60. The summed E-state index contributed by atoms with van der Waals surface area (Å²) in [6.45, 7) is 5.39. The van der Waals surface area contributed by atoms with Gasteiger partial charge in [0.25, 0.3) is 0 Å². The summed E-state index contributed by atoms with van der Waals surface area (Å²) < 4.78 is 24.4. The Balaban J connectivity index is 2.09. The predicted molar refractivity (Wildman–Crippen MR) is 78.3 cm³/mol. The van der Waals surface area contributed by atoms with Crippen LogP contribution in [0.4, 0.5) is 4.39 Å². The molecule has 1 aromatic rings. The second-order valence-corrected chi connectivity index (χ2v) is 5.47. The predicted octanol–water partition coefficient (Wildman–Crippen LogP) is 3.24. The molecule has 1 atom stereocenters.